The van der Waals surface area contributed by atoms with Crippen molar-refractivity contribution in [2.24, 2.45) is 5.73 Å². The molecule has 20 heavy (non-hydrogen) atoms. The number of nitrogens with one attached hydrogen (secondary N) is 1. The largest absolute Gasteiger partial charge is 0.497 e. The van der Waals surface area contributed by atoms with Gasteiger partial charge in [-0.3, -0.25) is 4.79 Å². The Hall–Kier alpha value is -1.05. The summed E-state index contributed by atoms with van der Waals surface area (Å²) >= 11 is 8.27. The van der Waals surface area contributed by atoms with E-state index in [4.69, 9.17) is 10.5 Å². The van der Waals surface area contributed by atoms with Gasteiger partial charge in [0.15, 0.2) is 0 Å². The van der Waals surface area contributed by atoms with Gasteiger partial charge in [-0.25, -0.2) is 0 Å². The Balaban J connectivity index is 2.27. The molecule has 1 unspecified atom stereocenters. The Morgan fingerprint density at radius 1 is 1.40 bits per heavy atom. The predicted molar refractivity (Wildman–Crippen MR) is 88.3 cm³/mol. The second-order valence-corrected chi connectivity index (χ2v) is 7.24. The molecular formula is C13H12Br2N2O2S. The zero-order chi connectivity index (χ0) is 14.7. The van der Waals surface area contributed by atoms with Crippen molar-refractivity contribution in [2.75, 3.05) is 12.4 Å². The molecule has 0 fully saturated rings. The number of ether oxygens (including phenoxy) is 1. The molecule has 0 saturated carbocycles. The van der Waals surface area contributed by atoms with Gasteiger partial charge in [-0.2, -0.15) is 0 Å². The average molecular weight is 420 g/mol. The van der Waals surface area contributed by atoms with Crippen LogP contribution in [-0.4, -0.2) is 13.0 Å². The molecular weight excluding hydrogens is 408 g/mol. The number of hydrogen-bond acceptors (Lipinski definition) is 4. The minimum atomic E-state index is -0.588. The molecule has 0 aliphatic heterocycles. The first-order chi connectivity index (χ1) is 9.51. The van der Waals surface area contributed by atoms with Crippen molar-refractivity contribution in [2.45, 2.75) is 6.04 Å². The van der Waals surface area contributed by atoms with Gasteiger partial charge < -0.3 is 15.8 Å². The number of methoxy groups -OCH3 is 1. The minimum Gasteiger partial charge on any atom is -0.497 e. The number of anilines is 1. The summed E-state index contributed by atoms with van der Waals surface area (Å²) in [5.41, 5.74) is 6.26. The topological polar surface area (TPSA) is 64.3 Å². The second-order valence-electron chi connectivity index (χ2n) is 3.98. The third kappa shape index (κ3) is 3.53. The zero-order valence-electron chi connectivity index (χ0n) is 10.5. The van der Waals surface area contributed by atoms with E-state index in [0.717, 1.165) is 18.8 Å². The zero-order valence-corrected chi connectivity index (χ0v) is 14.5. The van der Waals surface area contributed by atoms with Crippen LogP contribution in [0.5, 0.6) is 5.75 Å². The molecule has 2 aromatic rings. The number of benzene rings is 1. The summed E-state index contributed by atoms with van der Waals surface area (Å²) in [5, 5.41) is 3.12. The fourth-order valence-electron chi connectivity index (χ4n) is 1.67. The van der Waals surface area contributed by atoms with E-state index in [0.29, 0.717) is 5.75 Å². The quantitative estimate of drug-likeness (QED) is 0.771. The summed E-state index contributed by atoms with van der Waals surface area (Å²) in [6.07, 6.45) is 0. The molecule has 1 aromatic carbocycles. The van der Waals surface area contributed by atoms with Crippen LogP contribution in [0.1, 0.15) is 10.9 Å². The summed E-state index contributed by atoms with van der Waals surface area (Å²) in [6, 6.07) is 8.64. The van der Waals surface area contributed by atoms with Gasteiger partial charge >= 0.3 is 0 Å². The van der Waals surface area contributed by atoms with Crippen LogP contribution in [-0.2, 0) is 4.79 Å². The van der Waals surface area contributed by atoms with E-state index in [1.54, 1.807) is 7.11 Å². The molecule has 2 rings (SSSR count). The molecule has 1 atom stereocenters. The molecule has 1 aromatic heterocycles. The number of hydrogen-bond donors (Lipinski definition) is 2. The van der Waals surface area contributed by atoms with Crippen LogP contribution in [0.3, 0.4) is 0 Å². The first-order valence-electron chi connectivity index (χ1n) is 5.66. The van der Waals surface area contributed by atoms with Crippen molar-refractivity contribution in [3.63, 3.8) is 0 Å². The van der Waals surface area contributed by atoms with Crippen molar-refractivity contribution < 1.29 is 9.53 Å². The Bertz CT molecular complexity index is 611. The molecule has 106 valence electrons. The van der Waals surface area contributed by atoms with Gasteiger partial charge in [0.05, 0.1) is 10.9 Å². The number of rotatable bonds is 5. The van der Waals surface area contributed by atoms with Gasteiger partial charge in [-0.05, 0) is 50.1 Å². The molecule has 1 amide bonds. The van der Waals surface area contributed by atoms with Crippen LogP contribution < -0.4 is 15.8 Å². The van der Waals surface area contributed by atoms with Crippen LogP contribution in [0.25, 0.3) is 0 Å². The first-order valence-corrected chi connectivity index (χ1v) is 8.06. The molecule has 0 radical (unpaired) electrons. The molecule has 0 aliphatic rings. The van der Waals surface area contributed by atoms with Crippen molar-refractivity contribution >= 4 is 54.8 Å². The van der Waals surface area contributed by atoms with Gasteiger partial charge in [0.1, 0.15) is 11.8 Å². The van der Waals surface area contributed by atoms with Gasteiger partial charge in [0, 0.05) is 21.1 Å². The van der Waals surface area contributed by atoms with E-state index in [1.807, 2.05) is 30.3 Å². The molecule has 0 spiro atoms. The molecule has 1 heterocycles. The fraction of sp³-hybridized carbons (Fsp3) is 0.154. The highest BCUT2D eigenvalue weighted by Crippen LogP contribution is 2.36. The highest BCUT2D eigenvalue weighted by molar-refractivity contribution is 9.13. The lowest BCUT2D eigenvalue weighted by atomic mass is 10.2. The Morgan fingerprint density at radius 2 is 2.15 bits per heavy atom. The highest BCUT2D eigenvalue weighted by Gasteiger charge is 2.21. The summed E-state index contributed by atoms with van der Waals surface area (Å²) in [5.74, 6) is 0.279. The maximum atomic E-state index is 11.7. The summed E-state index contributed by atoms with van der Waals surface area (Å²) < 4.78 is 6.98. The number of halogens is 2. The molecule has 0 aliphatic carbocycles. The smallest absolute Gasteiger partial charge is 0.245 e. The Morgan fingerprint density at radius 3 is 2.70 bits per heavy atom. The Kier molecular flexibility index (Phi) is 5.06. The van der Waals surface area contributed by atoms with Crippen LogP contribution in [0, 0.1) is 0 Å². The van der Waals surface area contributed by atoms with Gasteiger partial charge in [0.25, 0.3) is 0 Å². The lowest BCUT2D eigenvalue weighted by molar-refractivity contribution is -0.118. The van der Waals surface area contributed by atoms with E-state index < -0.39 is 11.9 Å². The Labute approximate surface area is 137 Å². The van der Waals surface area contributed by atoms with E-state index in [2.05, 4.69) is 37.2 Å². The summed E-state index contributed by atoms with van der Waals surface area (Å²) in [6.45, 7) is 0. The predicted octanol–water partition coefficient (Wildman–Crippen LogP) is 3.92. The normalized spacial score (nSPS) is 11.9. The maximum Gasteiger partial charge on any atom is 0.245 e. The average Bonchev–Trinajstić information content (AvgIpc) is 2.75. The monoisotopic (exact) mass is 418 g/mol. The highest BCUT2D eigenvalue weighted by atomic mass is 79.9. The molecule has 7 heteroatoms. The van der Waals surface area contributed by atoms with Crippen LogP contribution >= 0.6 is 43.2 Å². The molecule has 0 saturated heterocycles. The van der Waals surface area contributed by atoms with Gasteiger partial charge in [0.2, 0.25) is 5.91 Å². The fourth-order valence-corrected chi connectivity index (χ4v) is 3.82. The van der Waals surface area contributed by atoms with Crippen molar-refractivity contribution in [1.82, 2.24) is 0 Å². The van der Waals surface area contributed by atoms with Crippen molar-refractivity contribution in [3.05, 3.63) is 43.5 Å². The van der Waals surface area contributed by atoms with Crippen molar-refractivity contribution in [1.29, 1.82) is 0 Å². The molecule has 4 nitrogen and oxygen atoms in total. The van der Waals surface area contributed by atoms with E-state index in [9.17, 15) is 4.79 Å². The molecule has 3 N–H and O–H groups in total. The standard InChI is InChI=1S/C13H12Br2N2O2S/c1-19-8-4-2-3-7(5-8)17-11(13(16)18)10-6-9(14)12(15)20-10/h2-6,11,17H,1H3,(H2,16,18). The van der Waals surface area contributed by atoms with Gasteiger partial charge in [-0.15, -0.1) is 11.3 Å². The van der Waals surface area contributed by atoms with Gasteiger partial charge in [-0.1, -0.05) is 6.07 Å². The third-order valence-corrected chi connectivity index (χ3v) is 5.94. The number of carbonyl (C=O) groups excluding carboxylic acids is 1. The first kappa shape index (κ1) is 15.3. The number of nitrogens with two attached hydrogens (primary N) is 1. The maximum absolute atomic E-state index is 11.7. The second kappa shape index (κ2) is 6.60. The van der Waals surface area contributed by atoms with Crippen LogP contribution in [0.2, 0.25) is 0 Å². The number of thiophene rings is 1. The summed E-state index contributed by atoms with van der Waals surface area (Å²) in [4.78, 5) is 12.5. The van der Waals surface area contributed by atoms with E-state index in [-0.39, 0.29) is 0 Å². The third-order valence-electron chi connectivity index (χ3n) is 2.61. The van der Waals surface area contributed by atoms with E-state index in [1.165, 1.54) is 11.3 Å². The van der Waals surface area contributed by atoms with Crippen molar-refractivity contribution in [3.8, 4) is 5.75 Å². The lowest BCUT2D eigenvalue weighted by Crippen LogP contribution is -2.26. The summed E-state index contributed by atoms with van der Waals surface area (Å²) in [7, 11) is 1.60. The number of primary amides is 1. The van der Waals surface area contributed by atoms with E-state index >= 15 is 0 Å². The number of amides is 1. The molecule has 0 bridgehead atoms. The SMILES string of the molecule is COc1cccc(NC(C(N)=O)c2cc(Br)c(Br)s2)c1. The minimum absolute atomic E-state index is 0.436. The number of carbonyl (C=O) groups is 1. The lowest BCUT2D eigenvalue weighted by Gasteiger charge is -2.15. The van der Waals surface area contributed by atoms with Crippen LogP contribution in [0.4, 0.5) is 5.69 Å². The van der Waals surface area contributed by atoms with Crippen LogP contribution in [0.15, 0.2) is 38.6 Å².